The predicted molar refractivity (Wildman–Crippen MR) is 102 cm³/mol. The Morgan fingerprint density at radius 2 is 1.96 bits per heavy atom. The first-order valence-electron chi connectivity index (χ1n) is 9.95. The first-order chi connectivity index (χ1) is 12.6. The fourth-order valence-electron chi connectivity index (χ4n) is 3.94. The molecule has 0 aliphatic carbocycles. The van der Waals surface area contributed by atoms with Crippen LogP contribution in [0.15, 0.2) is 30.3 Å². The van der Waals surface area contributed by atoms with Gasteiger partial charge >= 0.3 is 0 Å². The van der Waals surface area contributed by atoms with Crippen molar-refractivity contribution in [2.45, 2.75) is 63.8 Å². The second-order valence-electron chi connectivity index (χ2n) is 7.65. The molecule has 0 aromatic heterocycles. The monoisotopic (exact) mass is 360 g/mol. The zero-order valence-corrected chi connectivity index (χ0v) is 15.9. The van der Waals surface area contributed by atoms with Crippen molar-refractivity contribution >= 4 is 5.91 Å². The van der Waals surface area contributed by atoms with Crippen LogP contribution in [0.4, 0.5) is 0 Å². The van der Waals surface area contributed by atoms with Gasteiger partial charge in [-0.05, 0) is 51.6 Å². The van der Waals surface area contributed by atoms with Crippen LogP contribution in [0.3, 0.4) is 0 Å². The van der Waals surface area contributed by atoms with Crippen LogP contribution < -0.4 is 10.6 Å². The van der Waals surface area contributed by atoms with Gasteiger partial charge in [-0.2, -0.15) is 0 Å². The Morgan fingerprint density at radius 1 is 1.23 bits per heavy atom. The van der Waals surface area contributed by atoms with Gasteiger partial charge in [0.1, 0.15) is 6.10 Å². The number of carbonyl (C=O) groups is 1. The average molecular weight is 360 g/mol. The van der Waals surface area contributed by atoms with Gasteiger partial charge in [0.05, 0.1) is 12.1 Å². The molecule has 1 aromatic carbocycles. The van der Waals surface area contributed by atoms with Crippen LogP contribution in [0, 0.1) is 5.92 Å². The minimum atomic E-state index is -0.137. The van der Waals surface area contributed by atoms with Crippen LogP contribution >= 0.6 is 0 Å². The van der Waals surface area contributed by atoms with Gasteiger partial charge in [0.2, 0.25) is 5.91 Å². The number of rotatable bonds is 6. The number of carbonyl (C=O) groups excluding carboxylic acids is 1. The van der Waals surface area contributed by atoms with E-state index in [0.717, 1.165) is 51.0 Å². The van der Waals surface area contributed by atoms with Crippen molar-refractivity contribution < 1.29 is 14.3 Å². The summed E-state index contributed by atoms with van der Waals surface area (Å²) in [4.78, 5) is 12.8. The average Bonchev–Trinajstić information content (AvgIpc) is 2.67. The third-order valence-corrected chi connectivity index (χ3v) is 5.45. The molecule has 2 N–H and O–H groups in total. The molecule has 3 rings (SSSR count). The van der Waals surface area contributed by atoms with Crippen molar-refractivity contribution in [1.29, 1.82) is 0 Å². The zero-order chi connectivity index (χ0) is 18.4. The van der Waals surface area contributed by atoms with Crippen molar-refractivity contribution in [1.82, 2.24) is 10.6 Å². The van der Waals surface area contributed by atoms with E-state index < -0.39 is 0 Å². The Hall–Kier alpha value is -1.43. The summed E-state index contributed by atoms with van der Waals surface area (Å²) in [6.07, 6.45) is 3.68. The van der Waals surface area contributed by atoms with E-state index in [-0.39, 0.29) is 30.1 Å². The standard InChI is InChI=1S/C21H32N2O3/c1-15-14-18(8-11-22-15)21(24)23-16(2)20(17-6-4-3-5-7-17)26-19-9-12-25-13-10-19/h3-7,15-16,18-20,22H,8-14H2,1-2H3,(H,23,24)/t15-,16?,18-,20?/m0/s1. The third kappa shape index (κ3) is 5.29. The molecule has 0 spiro atoms. The van der Waals surface area contributed by atoms with E-state index in [1.54, 1.807) is 0 Å². The van der Waals surface area contributed by atoms with Crippen molar-refractivity contribution in [3.05, 3.63) is 35.9 Å². The molecule has 5 nitrogen and oxygen atoms in total. The van der Waals surface area contributed by atoms with Gasteiger partial charge in [-0.1, -0.05) is 30.3 Å². The van der Waals surface area contributed by atoms with Crippen molar-refractivity contribution in [3.63, 3.8) is 0 Å². The molecule has 144 valence electrons. The quantitative estimate of drug-likeness (QED) is 0.819. The lowest BCUT2D eigenvalue weighted by Crippen LogP contribution is -2.46. The fraction of sp³-hybridized carbons (Fsp3) is 0.667. The Balaban J connectivity index is 1.65. The minimum absolute atomic E-state index is 0.0714. The van der Waals surface area contributed by atoms with Gasteiger partial charge in [-0.15, -0.1) is 0 Å². The highest BCUT2D eigenvalue weighted by Gasteiger charge is 2.30. The Morgan fingerprint density at radius 3 is 2.65 bits per heavy atom. The lowest BCUT2D eigenvalue weighted by atomic mass is 9.92. The van der Waals surface area contributed by atoms with Crippen LogP contribution in [0.25, 0.3) is 0 Å². The summed E-state index contributed by atoms with van der Waals surface area (Å²) in [6, 6.07) is 10.6. The molecule has 0 saturated carbocycles. The Labute approximate surface area is 156 Å². The summed E-state index contributed by atoms with van der Waals surface area (Å²) in [6.45, 7) is 6.61. The molecule has 4 atom stereocenters. The maximum atomic E-state index is 12.8. The highest BCUT2D eigenvalue weighted by atomic mass is 16.5. The highest BCUT2D eigenvalue weighted by Crippen LogP contribution is 2.27. The van der Waals surface area contributed by atoms with Crippen molar-refractivity contribution in [3.8, 4) is 0 Å². The molecule has 2 fully saturated rings. The molecule has 26 heavy (non-hydrogen) atoms. The lowest BCUT2D eigenvalue weighted by Gasteiger charge is -2.33. The molecule has 0 radical (unpaired) electrons. The molecule has 5 heteroatoms. The minimum Gasteiger partial charge on any atom is -0.381 e. The molecule has 1 aromatic rings. The van der Waals surface area contributed by atoms with E-state index in [9.17, 15) is 4.79 Å². The van der Waals surface area contributed by atoms with Crippen LogP contribution in [0.2, 0.25) is 0 Å². The van der Waals surface area contributed by atoms with E-state index in [4.69, 9.17) is 9.47 Å². The molecule has 2 saturated heterocycles. The Bertz CT molecular complexity index is 560. The van der Waals surface area contributed by atoms with Crippen LogP contribution in [0.1, 0.15) is 51.2 Å². The van der Waals surface area contributed by atoms with E-state index >= 15 is 0 Å². The number of benzene rings is 1. The van der Waals surface area contributed by atoms with E-state index in [0.29, 0.717) is 6.04 Å². The van der Waals surface area contributed by atoms with E-state index in [1.165, 1.54) is 0 Å². The van der Waals surface area contributed by atoms with Gasteiger partial charge in [-0.25, -0.2) is 0 Å². The molecule has 2 aliphatic rings. The van der Waals surface area contributed by atoms with Crippen LogP contribution in [-0.2, 0) is 14.3 Å². The maximum absolute atomic E-state index is 12.8. The fourth-order valence-corrected chi connectivity index (χ4v) is 3.94. The van der Waals surface area contributed by atoms with Gasteiger partial charge in [0.15, 0.2) is 0 Å². The maximum Gasteiger partial charge on any atom is 0.223 e. The number of ether oxygens (including phenoxy) is 2. The number of amides is 1. The molecular weight excluding hydrogens is 328 g/mol. The smallest absolute Gasteiger partial charge is 0.223 e. The number of hydrogen-bond donors (Lipinski definition) is 2. The normalized spacial score (nSPS) is 26.8. The number of hydrogen-bond acceptors (Lipinski definition) is 4. The summed E-state index contributed by atoms with van der Waals surface area (Å²) in [5, 5.41) is 6.64. The first kappa shape index (κ1) is 19.3. The van der Waals surface area contributed by atoms with Crippen LogP contribution in [0.5, 0.6) is 0 Å². The van der Waals surface area contributed by atoms with Gasteiger partial charge in [0.25, 0.3) is 0 Å². The Kier molecular flexibility index (Phi) is 7.06. The second-order valence-corrected chi connectivity index (χ2v) is 7.65. The predicted octanol–water partition coefficient (Wildman–Crippen LogP) is 2.82. The summed E-state index contributed by atoms with van der Waals surface area (Å²) in [5.74, 6) is 0.246. The molecular formula is C21H32N2O3. The van der Waals surface area contributed by atoms with Gasteiger partial charge in [-0.3, -0.25) is 4.79 Å². The van der Waals surface area contributed by atoms with Crippen molar-refractivity contribution in [2.75, 3.05) is 19.8 Å². The van der Waals surface area contributed by atoms with E-state index in [2.05, 4.69) is 36.6 Å². The van der Waals surface area contributed by atoms with Crippen LogP contribution in [-0.4, -0.2) is 43.9 Å². The summed E-state index contributed by atoms with van der Waals surface area (Å²) >= 11 is 0. The van der Waals surface area contributed by atoms with Gasteiger partial charge < -0.3 is 20.1 Å². The number of nitrogens with one attached hydrogen (secondary N) is 2. The highest BCUT2D eigenvalue weighted by molar-refractivity contribution is 5.79. The first-order valence-corrected chi connectivity index (χ1v) is 9.95. The summed E-state index contributed by atoms with van der Waals surface area (Å²) < 4.78 is 11.9. The molecule has 2 heterocycles. The lowest BCUT2D eigenvalue weighted by molar-refractivity contribution is -0.129. The zero-order valence-electron chi connectivity index (χ0n) is 15.9. The second kappa shape index (κ2) is 9.49. The third-order valence-electron chi connectivity index (χ3n) is 5.45. The largest absolute Gasteiger partial charge is 0.381 e. The van der Waals surface area contributed by atoms with E-state index in [1.807, 2.05) is 18.2 Å². The SMILES string of the molecule is CC(NC(=O)[C@H]1CCN[C@@H](C)C1)C(OC1CCOCC1)c1ccccc1. The van der Waals surface area contributed by atoms with Crippen molar-refractivity contribution in [2.24, 2.45) is 5.92 Å². The van der Waals surface area contributed by atoms with Gasteiger partial charge in [0, 0.05) is 25.2 Å². The molecule has 2 aliphatic heterocycles. The molecule has 1 amide bonds. The summed E-state index contributed by atoms with van der Waals surface area (Å²) in [5.41, 5.74) is 1.12. The number of piperidine rings is 1. The topological polar surface area (TPSA) is 59.6 Å². The summed E-state index contributed by atoms with van der Waals surface area (Å²) in [7, 11) is 0. The molecule has 2 unspecified atom stereocenters. The molecule has 0 bridgehead atoms.